The molecule has 0 aliphatic rings. The fourth-order valence-corrected chi connectivity index (χ4v) is 7.78. The Morgan fingerprint density at radius 1 is 0.362 bits per heavy atom. The first kappa shape index (κ1) is 56.4. The zero-order valence-corrected chi connectivity index (χ0v) is 39.7. The summed E-state index contributed by atoms with van der Waals surface area (Å²) < 4.78 is 16.8. The van der Waals surface area contributed by atoms with Gasteiger partial charge in [0.25, 0.3) is 0 Å². The Labute approximate surface area is 361 Å². The Morgan fingerprint density at radius 3 is 0.983 bits per heavy atom. The molecular weight excluding hydrogens is 721 g/mol. The summed E-state index contributed by atoms with van der Waals surface area (Å²) in [5.74, 6) is 0.802. The molecule has 0 aliphatic heterocycles. The van der Waals surface area contributed by atoms with E-state index in [-0.39, 0.29) is 31.1 Å². The molecule has 0 aromatic heterocycles. The monoisotopic (exact) mass is 821 g/mol. The van der Waals surface area contributed by atoms with Gasteiger partial charge in [-0.1, -0.05) is 247 Å². The number of esters is 3. The van der Waals surface area contributed by atoms with Crippen molar-refractivity contribution in [1.29, 1.82) is 0 Å². The van der Waals surface area contributed by atoms with Crippen molar-refractivity contribution in [3.63, 3.8) is 0 Å². The SMILES string of the molecule is CCCCCCCCCCCCCCCCCCC(=O)OC[C@@H](COC(=O)CCCCCCCCCCCC(C)C)OC(=O)CCCCCCCCCCC(C)CC. The van der Waals surface area contributed by atoms with Crippen LogP contribution in [-0.2, 0) is 28.6 Å². The summed E-state index contributed by atoms with van der Waals surface area (Å²) in [6.45, 7) is 11.4. The number of rotatable bonds is 46. The molecule has 0 saturated heterocycles. The molecule has 1 unspecified atom stereocenters. The van der Waals surface area contributed by atoms with Crippen molar-refractivity contribution >= 4 is 17.9 Å². The minimum absolute atomic E-state index is 0.0643. The molecule has 0 aromatic rings. The Balaban J connectivity index is 4.31. The van der Waals surface area contributed by atoms with Gasteiger partial charge < -0.3 is 14.2 Å². The van der Waals surface area contributed by atoms with Crippen LogP contribution in [-0.4, -0.2) is 37.2 Å². The van der Waals surface area contributed by atoms with Crippen molar-refractivity contribution in [2.45, 2.75) is 291 Å². The topological polar surface area (TPSA) is 78.9 Å². The van der Waals surface area contributed by atoms with Crippen LogP contribution in [0.5, 0.6) is 0 Å². The normalized spacial score (nSPS) is 12.5. The van der Waals surface area contributed by atoms with Crippen LogP contribution in [0.15, 0.2) is 0 Å². The lowest BCUT2D eigenvalue weighted by Gasteiger charge is -2.18. The van der Waals surface area contributed by atoms with Crippen LogP contribution in [0.25, 0.3) is 0 Å². The molecule has 0 radical (unpaired) electrons. The number of carbonyl (C=O) groups excluding carboxylic acids is 3. The Bertz CT molecular complexity index is 887. The Kier molecular flexibility index (Phi) is 43.7. The van der Waals surface area contributed by atoms with Gasteiger partial charge in [-0.2, -0.15) is 0 Å². The van der Waals surface area contributed by atoms with Crippen LogP contribution in [0.1, 0.15) is 285 Å². The molecule has 0 saturated carbocycles. The first-order valence-corrected chi connectivity index (χ1v) is 25.8. The number of hydrogen-bond acceptors (Lipinski definition) is 6. The van der Waals surface area contributed by atoms with Gasteiger partial charge in [0.1, 0.15) is 13.2 Å². The third kappa shape index (κ3) is 44.0. The average molecular weight is 821 g/mol. The minimum atomic E-state index is -0.762. The largest absolute Gasteiger partial charge is 0.462 e. The van der Waals surface area contributed by atoms with Crippen molar-refractivity contribution in [3.8, 4) is 0 Å². The third-order valence-electron chi connectivity index (χ3n) is 12.1. The van der Waals surface area contributed by atoms with E-state index >= 15 is 0 Å². The van der Waals surface area contributed by atoms with Crippen LogP contribution in [0.3, 0.4) is 0 Å². The van der Waals surface area contributed by atoms with E-state index < -0.39 is 6.10 Å². The van der Waals surface area contributed by atoms with Crippen LogP contribution in [0.4, 0.5) is 0 Å². The zero-order valence-electron chi connectivity index (χ0n) is 39.7. The smallest absolute Gasteiger partial charge is 0.306 e. The van der Waals surface area contributed by atoms with Gasteiger partial charge in [-0.15, -0.1) is 0 Å². The molecule has 6 heteroatoms. The van der Waals surface area contributed by atoms with E-state index in [2.05, 4.69) is 34.6 Å². The van der Waals surface area contributed by atoms with Crippen molar-refractivity contribution in [1.82, 2.24) is 0 Å². The predicted molar refractivity (Wildman–Crippen MR) is 247 cm³/mol. The van der Waals surface area contributed by atoms with Crippen molar-refractivity contribution in [2.24, 2.45) is 11.8 Å². The fourth-order valence-electron chi connectivity index (χ4n) is 7.78. The molecule has 0 rings (SSSR count). The van der Waals surface area contributed by atoms with E-state index in [4.69, 9.17) is 14.2 Å². The van der Waals surface area contributed by atoms with Gasteiger partial charge in [-0.25, -0.2) is 0 Å². The molecule has 6 nitrogen and oxygen atoms in total. The minimum Gasteiger partial charge on any atom is -0.462 e. The van der Waals surface area contributed by atoms with Crippen molar-refractivity contribution in [2.75, 3.05) is 13.2 Å². The van der Waals surface area contributed by atoms with Crippen LogP contribution in [0.2, 0.25) is 0 Å². The molecular formula is C52H100O6. The maximum Gasteiger partial charge on any atom is 0.306 e. The molecule has 0 amide bonds. The quantitative estimate of drug-likeness (QED) is 0.0346. The predicted octanol–water partition coefficient (Wildman–Crippen LogP) is 16.5. The number of hydrogen-bond donors (Lipinski definition) is 0. The Hall–Kier alpha value is -1.59. The maximum absolute atomic E-state index is 12.8. The van der Waals surface area contributed by atoms with Gasteiger partial charge in [-0.3, -0.25) is 14.4 Å². The highest BCUT2D eigenvalue weighted by molar-refractivity contribution is 5.71. The summed E-state index contributed by atoms with van der Waals surface area (Å²) in [4.78, 5) is 37.9. The van der Waals surface area contributed by atoms with E-state index in [1.54, 1.807) is 0 Å². The summed E-state index contributed by atoms with van der Waals surface area (Å²) in [5, 5.41) is 0. The highest BCUT2D eigenvalue weighted by Crippen LogP contribution is 2.18. The molecule has 2 atom stereocenters. The lowest BCUT2D eigenvalue weighted by Crippen LogP contribution is -2.30. The maximum atomic E-state index is 12.8. The fraction of sp³-hybridized carbons (Fsp3) is 0.942. The second kappa shape index (κ2) is 44.9. The molecule has 0 bridgehead atoms. The van der Waals surface area contributed by atoms with Crippen molar-refractivity contribution < 1.29 is 28.6 Å². The van der Waals surface area contributed by atoms with E-state index in [0.29, 0.717) is 19.3 Å². The highest BCUT2D eigenvalue weighted by atomic mass is 16.6. The molecule has 0 spiro atoms. The third-order valence-corrected chi connectivity index (χ3v) is 12.1. The molecule has 0 heterocycles. The molecule has 0 fully saturated rings. The summed E-state index contributed by atoms with van der Waals surface area (Å²) in [7, 11) is 0. The standard InChI is InChI=1S/C52H100O6/c1-6-8-9-10-11-12-13-14-15-16-17-18-21-27-32-37-42-50(53)56-45-49(58-52(55)44-39-34-29-24-23-26-31-36-41-48(5)7-2)46-57-51(54)43-38-33-28-22-19-20-25-30-35-40-47(3)4/h47-49H,6-46H2,1-5H3/t48?,49-/m0/s1. The van der Waals surface area contributed by atoms with E-state index in [0.717, 1.165) is 69.6 Å². The number of unbranched alkanes of at least 4 members (excludes halogenated alkanes) is 30. The van der Waals surface area contributed by atoms with E-state index in [9.17, 15) is 14.4 Å². The first-order chi connectivity index (χ1) is 28.3. The molecule has 58 heavy (non-hydrogen) atoms. The lowest BCUT2D eigenvalue weighted by atomic mass is 9.99. The van der Waals surface area contributed by atoms with Gasteiger partial charge in [0, 0.05) is 19.3 Å². The lowest BCUT2D eigenvalue weighted by molar-refractivity contribution is -0.167. The second-order valence-electron chi connectivity index (χ2n) is 18.5. The van der Waals surface area contributed by atoms with Crippen molar-refractivity contribution in [3.05, 3.63) is 0 Å². The van der Waals surface area contributed by atoms with Crippen LogP contribution < -0.4 is 0 Å². The van der Waals surface area contributed by atoms with Gasteiger partial charge in [-0.05, 0) is 31.1 Å². The summed E-state index contributed by atoms with van der Waals surface area (Å²) in [6, 6.07) is 0. The number of ether oxygens (including phenoxy) is 3. The molecule has 0 aliphatic carbocycles. The Morgan fingerprint density at radius 2 is 0.655 bits per heavy atom. The second-order valence-corrected chi connectivity index (χ2v) is 18.5. The van der Waals surface area contributed by atoms with Gasteiger partial charge in [0.2, 0.25) is 0 Å². The van der Waals surface area contributed by atoms with Gasteiger partial charge in [0.05, 0.1) is 0 Å². The number of carbonyl (C=O) groups is 3. The van der Waals surface area contributed by atoms with Gasteiger partial charge >= 0.3 is 17.9 Å². The molecule has 0 aromatic carbocycles. The van der Waals surface area contributed by atoms with Crippen LogP contribution >= 0.6 is 0 Å². The average Bonchev–Trinajstić information content (AvgIpc) is 3.21. The summed E-state index contributed by atoms with van der Waals surface area (Å²) >= 11 is 0. The van der Waals surface area contributed by atoms with Crippen LogP contribution in [0, 0.1) is 11.8 Å². The van der Waals surface area contributed by atoms with Gasteiger partial charge in [0.15, 0.2) is 6.10 Å². The summed E-state index contributed by atoms with van der Waals surface area (Å²) in [6.07, 6.45) is 45.1. The zero-order chi connectivity index (χ0) is 42.6. The summed E-state index contributed by atoms with van der Waals surface area (Å²) in [5.41, 5.74) is 0. The first-order valence-electron chi connectivity index (χ1n) is 25.8. The highest BCUT2D eigenvalue weighted by Gasteiger charge is 2.19. The van der Waals surface area contributed by atoms with E-state index in [1.807, 2.05) is 0 Å². The molecule has 0 N–H and O–H groups in total. The molecule has 344 valence electrons. The van der Waals surface area contributed by atoms with E-state index in [1.165, 1.54) is 173 Å².